The predicted molar refractivity (Wildman–Crippen MR) is 152 cm³/mol. The van der Waals surface area contributed by atoms with Crippen LogP contribution < -0.4 is 15.8 Å². The Morgan fingerprint density at radius 3 is 2.62 bits per heavy atom. The van der Waals surface area contributed by atoms with Crippen molar-refractivity contribution in [1.82, 2.24) is 19.5 Å². The van der Waals surface area contributed by atoms with Gasteiger partial charge in [0.15, 0.2) is 17.4 Å². The number of aliphatic hydroxyl groups excluding tert-OH is 1. The molecule has 13 nitrogen and oxygen atoms in total. The lowest BCUT2D eigenvalue weighted by Crippen LogP contribution is -2.50. The van der Waals surface area contributed by atoms with Crippen LogP contribution in [0.4, 0.5) is 10.3 Å². The predicted octanol–water partition coefficient (Wildman–Crippen LogP) is 3.56. The molecule has 0 radical (unpaired) electrons. The zero-order chi connectivity index (χ0) is 31.0. The fourth-order valence-corrected chi connectivity index (χ4v) is 7.27. The summed E-state index contributed by atoms with van der Waals surface area (Å²) in [5.74, 6) is -1.52. The van der Waals surface area contributed by atoms with E-state index >= 15 is 0 Å². The molecule has 42 heavy (non-hydrogen) atoms. The second kappa shape index (κ2) is 11.9. The molecule has 4 rings (SSSR count). The topological polar surface area (TPSA) is 181 Å². The zero-order valence-corrected chi connectivity index (χ0v) is 25.3. The Labute approximate surface area is 246 Å². The van der Waals surface area contributed by atoms with E-state index in [0.29, 0.717) is 0 Å². The number of aromatic nitrogens is 4. The number of hydrogen-bond acceptors (Lipinski definition) is 11. The minimum absolute atomic E-state index is 0.0538. The molecule has 0 saturated carbocycles. The van der Waals surface area contributed by atoms with Gasteiger partial charge in [-0.05, 0) is 39.8 Å². The summed E-state index contributed by atoms with van der Waals surface area (Å²) in [6.07, 6.45) is -4.18. The molecular formula is C26H34ClFN5O8P. The van der Waals surface area contributed by atoms with Crippen molar-refractivity contribution in [1.29, 1.82) is 0 Å². The van der Waals surface area contributed by atoms with Crippen molar-refractivity contribution in [2.75, 3.05) is 18.6 Å². The Morgan fingerprint density at radius 1 is 1.33 bits per heavy atom. The average molecular weight is 630 g/mol. The summed E-state index contributed by atoms with van der Waals surface area (Å²) in [6, 6.07) is 8.20. The number of benzene rings is 1. The van der Waals surface area contributed by atoms with Gasteiger partial charge >= 0.3 is 13.6 Å². The normalized spacial score (nSPS) is 24.9. The highest BCUT2D eigenvalue weighted by Crippen LogP contribution is 2.56. The highest BCUT2D eigenvalue weighted by Gasteiger charge is 2.62. The van der Waals surface area contributed by atoms with Gasteiger partial charge in [0.05, 0.1) is 24.5 Å². The molecule has 4 N–H and O–H groups in total. The number of halogens is 2. The number of alkyl halides is 2. The van der Waals surface area contributed by atoms with E-state index in [1.54, 1.807) is 44.2 Å². The number of carbonyl (C=O) groups is 1. The number of aliphatic hydroxyl groups is 1. The number of carbonyl (C=O) groups excluding carboxylic acids is 1. The Hall–Kier alpha value is -3.03. The van der Waals surface area contributed by atoms with Crippen LogP contribution in [-0.4, -0.2) is 72.2 Å². The van der Waals surface area contributed by atoms with Gasteiger partial charge in [0.2, 0.25) is 5.95 Å². The number of anilines is 1. The van der Waals surface area contributed by atoms with Crippen molar-refractivity contribution in [3.63, 3.8) is 0 Å². The number of aromatic amines is 1. The molecule has 1 saturated heterocycles. The van der Waals surface area contributed by atoms with Gasteiger partial charge in [-0.25, -0.2) is 13.9 Å². The summed E-state index contributed by atoms with van der Waals surface area (Å²) in [4.78, 5) is 33.2. The van der Waals surface area contributed by atoms with E-state index in [2.05, 4.69) is 15.0 Å². The van der Waals surface area contributed by atoms with Crippen LogP contribution in [0.1, 0.15) is 40.8 Å². The van der Waals surface area contributed by atoms with E-state index in [1.165, 1.54) is 25.3 Å². The number of nitrogen functional groups attached to an aromatic ring is 1. The Balaban J connectivity index is 1.68. The largest absolute Gasteiger partial charge is 0.463 e. The maximum absolute atomic E-state index is 14.6. The maximum atomic E-state index is 14.6. The third-order valence-electron chi connectivity index (χ3n) is 6.67. The lowest BCUT2D eigenvalue weighted by atomic mass is 9.91. The number of imidazole rings is 1. The molecule has 1 unspecified atom stereocenters. The summed E-state index contributed by atoms with van der Waals surface area (Å²) < 4.78 is 53.3. The van der Waals surface area contributed by atoms with Crippen molar-refractivity contribution < 1.29 is 37.4 Å². The third kappa shape index (κ3) is 6.32. The molecule has 0 aliphatic carbocycles. The molecule has 230 valence electrons. The van der Waals surface area contributed by atoms with E-state index in [9.17, 15) is 23.7 Å². The number of hydrogen-bond donors (Lipinski definition) is 3. The van der Waals surface area contributed by atoms with Gasteiger partial charge in [0.1, 0.15) is 35.1 Å². The molecule has 0 spiro atoms. The number of nitrogens with two attached hydrogens (primary N) is 1. The molecule has 16 heteroatoms. The number of H-pyrrole nitrogens is 1. The summed E-state index contributed by atoms with van der Waals surface area (Å²) in [6.45, 7) is 6.55. The number of rotatable bonds is 11. The average Bonchev–Trinajstić information content (AvgIpc) is 3.42. The molecule has 0 amide bonds. The van der Waals surface area contributed by atoms with E-state index in [4.69, 9.17) is 35.9 Å². The van der Waals surface area contributed by atoms with Crippen molar-refractivity contribution in [2.45, 2.75) is 69.6 Å². The van der Waals surface area contributed by atoms with Crippen LogP contribution in [0.3, 0.4) is 0 Å². The van der Waals surface area contributed by atoms with Crippen LogP contribution in [0.15, 0.2) is 41.5 Å². The minimum atomic E-state index is -4.20. The van der Waals surface area contributed by atoms with E-state index in [-0.39, 0.29) is 29.0 Å². The highest BCUT2D eigenvalue weighted by molar-refractivity contribution is 7.54. The number of nitrogens with one attached hydrogen (secondary N) is 1. The van der Waals surface area contributed by atoms with Gasteiger partial charge in [-0.15, -0.1) is 11.6 Å². The quantitative estimate of drug-likeness (QED) is 0.160. The maximum Gasteiger partial charge on any atom is 0.380 e. The smallest absolute Gasteiger partial charge is 0.380 e. The molecule has 3 heterocycles. The summed E-state index contributed by atoms with van der Waals surface area (Å²) in [5.41, 5.74) is 3.25. The number of para-hydroxylation sites is 1. The Morgan fingerprint density at radius 2 is 2.00 bits per heavy atom. The van der Waals surface area contributed by atoms with Crippen LogP contribution in [0.25, 0.3) is 11.2 Å². The lowest BCUT2D eigenvalue weighted by Gasteiger charge is -2.36. The van der Waals surface area contributed by atoms with Crippen LogP contribution in [-0.2, 0) is 23.4 Å². The van der Waals surface area contributed by atoms with Gasteiger partial charge in [-0.3, -0.25) is 23.7 Å². The van der Waals surface area contributed by atoms with E-state index in [0.717, 1.165) is 6.33 Å². The summed E-state index contributed by atoms with van der Waals surface area (Å²) in [7, 11) is -4.20. The van der Waals surface area contributed by atoms with Crippen molar-refractivity contribution >= 4 is 42.3 Å². The highest BCUT2D eigenvalue weighted by atomic mass is 35.5. The second-order valence-corrected chi connectivity index (χ2v) is 13.6. The minimum Gasteiger partial charge on any atom is -0.463 e. The monoisotopic (exact) mass is 629 g/mol. The lowest BCUT2D eigenvalue weighted by molar-refractivity contribution is -0.151. The number of ether oxygens (including phenoxy) is 2. The first-order valence-electron chi connectivity index (χ1n) is 13.2. The van der Waals surface area contributed by atoms with Crippen LogP contribution in [0.5, 0.6) is 5.75 Å². The molecule has 1 aliphatic heterocycles. The molecule has 1 aromatic carbocycles. The first kappa shape index (κ1) is 31.9. The van der Waals surface area contributed by atoms with E-state index in [1.807, 2.05) is 0 Å². The van der Waals surface area contributed by atoms with Crippen molar-refractivity contribution in [2.24, 2.45) is 5.92 Å². The fraction of sp³-hybridized carbons (Fsp3) is 0.538. The summed E-state index contributed by atoms with van der Waals surface area (Å²) in [5, 5.41) is 11.3. The first-order valence-corrected chi connectivity index (χ1v) is 15.3. The molecule has 6 atom stereocenters. The van der Waals surface area contributed by atoms with Gasteiger partial charge in [-0.1, -0.05) is 25.1 Å². The second-order valence-electron chi connectivity index (χ2n) is 11.0. The Kier molecular flexibility index (Phi) is 9.06. The SMILES string of the molecule is CC(C)OC(=O)[C@H](C)C[P@@](=O)(Oc1ccccc1)OC(C)(C)[C@H]1O[C@@H](n2cnc3c(=O)[nH]c(N)nc32)C(Cl)(CF)[C@H]1O. The summed E-state index contributed by atoms with van der Waals surface area (Å²) >= 11 is 6.66. The molecule has 1 aliphatic rings. The molecule has 2 aromatic heterocycles. The zero-order valence-electron chi connectivity index (χ0n) is 23.7. The molecule has 3 aromatic rings. The molecule has 1 fully saturated rings. The van der Waals surface area contributed by atoms with Crippen LogP contribution in [0, 0.1) is 5.92 Å². The number of esters is 1. The molecule has 0 bridgehead atoms. The van der Waals surface area contributed by atoms with Gasteiger partial charge < -0.3 is 24.8 Å². The number of fused-ring (bicyclic) bond motifs is 1. The van der Waals surface area contributed by atoms with Gasteiger partial charge in [-0.2, -0.15) is 4.98 Å². The van der Waals surface area contributed by atoms with Crippen LogP contribution >= 0.6 is 19.2 Å². The van der Waals surface area contributed by atoms with Gasteiger partial charge in [0.25, 0.3) is 5.56 Å². The molecular weight excluding hydrogens is 596 g/mol. The van der Waals surface area contributed by atoms with Crippen molar-refractivity contribution in [3.05, 3.63) is 47.0 Å². The third-order valence-corrected chi connectivity index (χ3v) is 9.42. The standard InChI is InChI=1S/C26H34ClFN5O8P/c1-14(2)38-22(36)15(3)11-42(37,40-16-9-7-6-8-10-16)41-25(4,5)19-18(34)26(27,12-28)23(39-19)33-13-30-17-20(33)31-24(29)32-21(17)35/h6-10,13-15,18-19,23,34H,11-12H2,1-5H3,(H3,29,31,32,35)/t15-,18+,19+,23-,26?,42-/m1/s1. The van der Waals surface area contributed by atoms with Crippen molar-refractivity contribution in [3.8, 4) is 5.75 Å². The fourth-order valence-electron chi connectivity index (χ4n) is 4.73. The Bertz CT molecular complexity index is 1540. The first-order chi connectivity index (χ1) is 19.6. The van der Waals surface area contributed by atoms with Crippen LogP contribution in [0.2, 0.25) is 0 Å². The van der Waals surface area contributed by atoms with E-state index < -0.39 is 66.7 Å². The number of nitrogens with zero attached hydrogens (tertiary/aromatic N) is 3. The van der Waals surface area contributed by atoms with Gasteiger partial charge in [0, 0.05) is 0 Å².